The predicted molar refractivity (Wildman–Crippen MR) is 204 cm³/mol. The van der Waals surface area contributed by atoms with Gasteiger partial charge in [-0.15, -0.1) is 0 Å². The van der Waals surface area contributed by atoms with Crippen LogP contribution in [0, 0.1) is 0 Å². The minimum Gasteiger partial charge on any atom is -0.310 e. The summed E-state index contributed by atoms with van der Waals surface area (Å²) in [5.74, 6) is 0. The molecule has 0 aliphatic heterocycles. The Morgan fingerprint density at radius 2 is 0.896 bits per heavy atom. The number of aromatic nitrogens is 1. The third-order valence-corrected chi connectivity index (χ3v) is 9.37. The molecular formula is C46H32N2. The van der Waals surface area contributed by atoms with Gasteiger partial charge in [0.2, 0.25) is 0 Å². The van der Waals surface area contributed by atoms with E-state index in [0.29, 0.717) is 0 Å². The molecule has 1 aromatic heterocycles. The van der Waals surface area contributed by atoms with Gasteiger partial charge in [0.15, 0.2) is 0 Å². The molecule has 226 valence electrons. The number of anilines is 3. The van der Waals surface area contributed by atoms with Gasteiger partial charge in [-0.05, 0) is 87.6 Å². The summed E-state index contributed by atoms with van der Waals surface area (Å²) in [6.45, 7) is 0. The molecular weight excluding hydrogens is 581 g/mol. The molecule has 0 bridgehead atoms. The summed E-state index contributed by atoms with van der Waals surface area (Å²) in [4.78, 5) is 2.39. The van der Waals surface area contributed by atoms with Crippen LogP contribution in [0.1, 0.15) is 0 Å². The Bertz CT molecular complexity index is 2530. The molecule has 0 atom stereocenters. The lowest BCUT2D eigenvalue weighted by Crippen LogP contribution is -2.10. The maximum absolute atomic E-state index is 2.41. The van der Waals surface area contributed by atoms with Crippen molar-refractivity contribution in [1.29, 1.82) is 0 Å². The van der Waals surface area contributed by atoms with Crippen molar-refractivity contribution in [2.45, 2.75) is 0 Å². The Labute approximate surface area is 280 Å². The van der Waals surface area contributed by atoms with Crippen LogP contribution in [-0.4, -0.2) is 4.57 Å². The van der Waals surface area contributed by atoms with Crippen molar-refractivity contribution in [3.63, 3.8) is 0 Å². The molecule has 0 N–H and O–H groups in total. The van der Waals surface area contributed by atoms with Crippen LogP contribution in [0.25, 0.3) is 60.5 Å². The van der Waals surface area contributed by atoms with Crippen LogP contribution in [0.4, 0.5) is 17.1 Å². The summed E-state index contributed by atoms with van der Waals surface area (Å²) in [6.07, 6.45) is 0. The molecule has 0 aliphatic carbocycles. The average molecular weight is 613 g/mol. The number of rotatable bonds is 6. The first-order valence-corrected chi connectivity index (χ1v) is 16.4. The molecule has 0 saturated carbocycles. The molecule has 2 heteroatoms. The molecule has 48 heavy (non-hydrogen) atoms. The Hall–Kier alpha value is -6.38. The fourth-order valence-corrected chi connectivity index (χ4v) is 7.07. The number of hydrogen-bond acceptors (Lipinski definition) is 1. The smallest absolute Gasteiger partial charge is 0.0562 e. The van der Waals surface area contributed by atoms with Gasteiger partial charge < -0.3 is 9.47 Å². The Morgan fingerprint density at radius 1 is 0.354 bits per heavy atom. The van der Waals surface area contributed by atoms with Gasteiger partial charge in [-0.1, -0.05) is 140 Å². The van der Waals surface area contributed by atoms with E-state index in [-0.39, 0.29) is 0 Å². The topological polar surface area (TPSA) is 8.17 Å². The van der Waals surface area contributed by atoms with E-state index in [0.717, 1.165) is 22.7 Å². The molecule has 8 aromatic carbocycles. The second kappa shape index (κ2) is 11.8. The number of hydrogen-bond donors (Lipinski definition) is 0. The zero-order valence-corrected chi connectivity index (χ0v) is 26.4. The normalized spacial score (nSPS) is 11.3. The maximum Gasteiger partial charge on any atom is 0.0562 e. The minimum atomic E-state index is 1.11. The van der Waals surface area contributed by atoms with Crippen molar-refractivity contribution in [3.8, 4) is 27.9 Å². The summed E-state index contributed by atoms with van der Waals surface area (Å²) in [7, 11) is 0. The van der Waals surface area contributed by atoms with Gasteiger partial charge in [-0.25, -0.2) is 0 Å². The first-order valence-electron chi connectivity index (χ1n) is 16.4. The van der Waals surface area contributed by atoms with E-state index in [9.17, 15) is 0 Å². The van der Waals surface area contributed by atoms with E-state index in [1.54, 1.807) is 0 Å². The predicted octanol–water partition coefficient (Wildman–Crippen LogP) is 12.7. The van der Waals surface area contributed by atoms with Crippen LogP contribution in [-0.2, 0) is 0 Å². The van der Waals surface area contributed by atoms with E-state index in [1.807, 2.05) is 0 Å². The monoisotopic (exact) mass is 612 g/mol. The SMILES string of the molecule is c1ccc(-c2ccc(-c3ccc(N(c4ccccc4)c4cccc5c4c4ccccc4n5-c4ccc5ccccc5c4)cc3)cc2)cc1. The Morgan fingerprint density at radius 3 is 1.62 bits per heavy atom. The number of benzene rings is 8. The highest BCUT2D eigenvalue weighted by atomic mass is 15.1. The Balaban J connectivity index is 1.18. The largest absolute Gasteiger partial charge is 0.310 e. The van der Waals surface area contributed by atoms with Crippen molar-refractivity contribution >= 4 is 49.6 Å². The molecule has 0 radical (unpaired) electrons. The van der Waals surface area contributed by atoms with Gasteiger partial charge in [0.05, 0.1) is 16.7 Å². The fraction of sp³-hybridized carbons (Fsp3) is 0. The molecule has 0 fully saturated rings. The molecule has 2 nitrogen and oxygen atoms in total. The van der Waals surface area contributed by atoms with Gasteiger partial charge in [-0.2, -0.15) is 0 Å². The lowest BCUT2D eigenvalue weighted by Gasteiger charge is -2.26. The van der Waals surface area contributed by atoms with Gasteiger partial charge in [0.1, 0.15) is 0 Å². The van der Waals surface area contributed by atoms with Crippen molar-refractivity contribution in [2.24, 2.45) is 0 Å². The molecule has 0 spiro atoms. The van der Waals surface area contributed by atoms with Crippen molar-refractivity contribution in [3.05, 3.63) is 194 Å². The summed E-state index contributed by atoms with van der Waals surface area (Å²) in [5.41, 5.74) is 11.8. The second-order valence-corrected chi connectivity index (χ2v) is 12.2. The van der Waals surface area contributed by atoms with Crippen LogP contribution in [0.3, 0.4) is 0 Å². The first kappa shape index (κ1) is 27.9. The van der Waals surface area contributed by atoms with Crippen LogP contribution in [0.5, 0.6) is 0 Å². The van der Waals surface area contributed by atoms with Crippen LogP contribution < -0.4 is 4.90 Å². The van der Waals surface area contributed by atoms with E-state index < -0.39 is 0 Å². The summed E-state index contributed by atoms with van der Waals surface area (Å²) in [6, 6.07) is 69.8. The van der Waals surface area contributed by atoms with Gasteiger partial charge in [0, 0.05) is 27.8 Å². The number of para-hydroxylation sites is 2. The standard InChI is InChI=1S/C46H32N2/c1-3-12-33(13-4-1)35-22-24-36(25-23-35)37-26-29-40(30-27-37)47(39-16-5-2-6-17-39)44-20-11-21-45-46(44)42-18-9-10-19-43(42)48(45)41-31-28-34-14-7-8-15-38(34)32-41/h1-32H. The molecule has 1 heterocycles. The zero-order valence-electron chi connectivity index (χ0n) is 26.4. The average Bonchev–Trinajstić information content (AvgIpc) is 3.51. The highest BCUT2D eigenvalue weighted by Crippen LogP contribution is 2.44. The quantitative estimate of drug-likeness (QED) is 0.181. The second-order valence-electron chi connectivity index (χ2n) is 12.2. The molecule has 0 unspecified atom stereocenters. The van der Waals surface area contributed by atoms with Crippen LogP contribution in [0.15, 0.2) is 194 Å². The highest BCUT2D eigenvalue weighted by Gasteiger charge is 2.21. The van der Waals surface area contributed by atoms with Crippen molar-refractivity contribution in [1.82, 2.24) is 4.57 Å². The van der Waals surface area contributed by atoms with Gasteiger partial charge in [-0.3, -0.25) is 0 Å². The lowest BCUT2D eigenvalue weighted by molar-refractivity contribution is 1.18. The van der Waals surface area contributed by atoms with Crippen LogP contribution >= 0.6 is 0 Å². The van der Waals surface area contributed by atoms with Crippen molar-refractivity contribution in [2.75, 3.05) is 4.90 Å². The van der Waals surface area contributed by atoms with Crippen molar-refractivity contribution < 1.29 is 0 Å². The molecule has 0 saturated heterocycles. The maximum atomic E-state index is 2.41. The van der Waals surface area contributed by atoms with Gasteiger partial charge >= 0.3 is 0 Å². The zero-order chi connectivity index (χ0) is 31.9. The summed E-state index contributed by atoms with van der Waals surface area (Å²) in [5, 5.41) is 4.93. The number of fused-ring (bicyclic) bond motifs is 4. The van der Waals surface area contributed by atoms with E-state index in [1.165, 1.54) is 54.8 Å². The summed E-state index contributed by atoms with van der Waals surface area (Å²) >= 11 is 0. The van der Waals surface area contributed by atoms with E-state index >= 15 is 0 Å². The summed E-state index contributed by atoms with van der Waals surface area (Å²) < 4.78 is 2.41. The van der Waals surface area contributed by atoms with Crippen LogP contribution in [0.2, 0.25) is 0 Å². The third kappa shape index (κ3) is 4.83. The highest BCUT2D eigenvalue weighted by molar-refractivity contribution is 6.16. The minimum absolute atomic E-state index is 1.11. The third-order valence-electron chi connectivity index (χ3n) is 9.37. The fourth-order valence-electron chi connectivity index (χ4n) is 7.07. The first-order chi connectivity index (χ1) is 23.8. The molecule has 0 aliphatic rings. The number of nitrogens with zero attached hydrogens (tertiary/aromatic N) is 2. The molecule has 0 amide bonds. The van der Waals surface area contributed by atoms with E-state index in [2.05, 4.69) is 204 Å². The van der Waals surface area contributed by atoms with Gasteiger partial charge in [0.25, 0.3) is 0 Å². The van der Waals surface area contributed by atoms with E-state index in [4.69, 9.17) is 0 Å². The lowest BCUT2D eigenvalue weighted by atomic mass is 10.00. The Kier molecular flexibility index (Phi) is 6.84. The molecule has 9 rings (SSSR count). The molecule has 9 aromatic rings.